The smallest absolute Gasteiger partial charge is 0.270 e. The molecule has 1 heterocycles. The minimum atomic E-state index is -0.629. The molecule has 9 heteroatoms. The standard InChI is InChI=1S/C16H15N5O4/c1-2-3-12-7-16(23)20(10-18-12)9-15(22)19-14-5-4-13(21(24)25)6-11(14)8-17/h4-7,10H,2-3,9H2,1H3,(H,19,22). The lowest BCUT2D eigenvalue weighted by molar-refractivity contribution is -0.384. The first-order chi connectivity index (χ1) is 11.9. The Morgan fingerprint density at radius 3 is 2.80 bits per heavy atom. The molecule has 0 saturated heterocycles. The molecule has 1 aromatic heterocycles. The summed E-state index contributed by atoms with van der Waals surface area (Å²) in [6, 6.07) is 6.71. The fourth-order valence-corrected chi connectivity index (χ4v) is 2.17. The van der Waals surface area contributed by atoms with Crippen LogP contribution in [-0.4, -0.2) is 20.4 Å². The van der Waals surface area contributed by atoms with Gasteiger partial charge in [0.2, 0.25) is 5.91 Å². The third-order valence-corrected chi connectivity index (χ3v) is 3.36. The zero-order chi connectivity index (χ0) is 18.4. The van der Waals surface area contributed by atoms with Gasteiger partial charge in [0.05, 0.1) is 22.5 Å². The van der Waals surface area contributed by atoms with Crippen LogP contribution >= 0.6 is 0 Å². The number of non-ortho nitro benzene ring substituents is 1. The summed E-state index contributed by atoms with van der Waals surface area (Å²) in [7, 11) is 0. The van der Waals surface area contributed by atoms with Crippen LogP contribution in [-0.2, 0) is 17.8 Å². The second-order valence-electron chi connectivity index (χ2n) is 5.24. The molecule has 0 fully saturated rings. The zero-order valence-electron chi connectivity index (χ0n) is 13.4. The van der Waals surface area contributed by atoms with Crippen molar-refractivity contribution in [1.82, 2.24) is 9.55 Å². The van der Waals surface area contributed by atoms with Crippen molar-refractivity contribution in [2.75, 3.05) is 5.32 Å². The lowest BCUT2D eigenvalue weighted by atomic mass is 10.1. The van der Waals surface area contributed by atoms with E-state index in [1.807, 2.05) is 6.92 Å². The fourth-order valence-electron chi connectivity index (χ4n) is 2.17. The number of amides is 1. The topological polar surface area (TPSA) is 131 Å². The number of nitriles is 1. The van der Waals surface area contributed by atoms with Gasteiger partial charge in [0.1, 0.15) is 12.6 Å². The Kier molecular flexibility index (Phi) is 5.58. The van der Waals surface area contributed by atoms with E-state index in [9.17, 15) is 19.7 Å². The maximum atomic E-state index is 12.1. The van der Waals surface area contributed by atoms with Gasteiger partial charge in [0.15, 0.2) is 0 Å². The van der Waals surface area contributed by atoms with E-state index in [0.717, 1.165) is 17.1 Å². The van der Waals surface area contributed by atoms with Crippen molar-refractivity contribution < 1.29 is 9.72 Å². The molecular formula is C16H15N5O4. The summed E-state index contributed by atoms with van der Waals surface area (Å²) < 4.78 is 1.14. The third kappa shape index (κ3) is 4.48. The lowest BCUT2D eigenvalue weighted by Gasteiger charge is -2.09. The number of carbonyl (C=O) groups is 1. The number of hydrogen-bond donors (Lipinski definition) is 1. The first-order valence-electron chi connectivity index (χ1n) is 7.48. The van der Waals surface area contributed by atoms with Crippen molar-refractivity contribution in [3.8, 4) is 6.07 Å². The van der Waals surface area contributed by atoms with Crippen LogP contribution < -0.4 is 10.9 Å². The van der Waals surface area contributed by atoms with Crippen molar-refractivity contribution in [2.45, 2.75) is 26.3 Å². The van der Waals surface area contributed by atoms with E-state index in [-0.39, 0.29) is 29.0 Å². The molecule has 25 heavy (non-hydrogen) atoms. The molecule has 0 aliphatic rings. The van der Waals surface area contributed by atoms with Crippen LogP contribution in [0.5, 0.6) is 0 Å². The Labute approximate surface area is 142 Å². The Morgan fingerprint density at radius 2 is 2.20 bits per heavy atom. The van der Waals surface area contributed by atoms with Crippen LogP contribution in [0.25, 0.3) is 0 Å². The summed E-state index contributed by atoms with van der Waals surface area (Å²) in [6.07, 6.45) is 2.83. The molecule has 128 valence electrons. The van der Waals surface area contributed by atoms with Crippen molar-refractivity contribution in [3.05, 3.63) is 62.3 Å². The minimum absolute atomic E-state index is 0.0358. The van der Waals surface area contributed by atoms with Crippen LogP contribution in [0.3, 0.4) is 0 Å². The SMILES string of the molecule is CCCc1cc(=O)n(CC(=O)Nc2ccc([N+](=O)[O-])cc2C#N)cn1. The number of anilines is 1. The summed E-state index contributed by atoms with van der Waals surface area (Å²) in [5, 5.41) is 22.3. The molecule has 0 saturated carbocycles. The molecule has 0 radical (unpaired) electrons. The number of hydrogen-bond acceptors (Lipinski definition) is 6. The molecule has 1 N–H and O–H groups in total. The number of nitro benzene ring substituents is 1. The molecule has 2 rings (SSSR count). The van der Waals surface area contributed by atoms with Gasteiger partial charge in [-0.25, -0.2) is 4.98 Å². The number of rotatable bonds is 6. The third-order valence-electron chi connectivity index (χ3n) is 3.36. The molecule has 0 aliphatic heterocycles. The second kappa shape index (κ2) is 7.83. The number of nitrogens with zero attached hydrogens (tertiary/aromatic N) is 4. The van der Waals surface area contributed by atoms with Gasteiger partial charge >= 0.3 is 0 Å². The van der Waals surface area contributed by atoms with E-state index < -0.39 is 10.8 Å². The monoisotopic (exact) mass is 341 g/mol. The summed E-state index contributed by atoms with van der Waals surface area (Å²) in [4.78, 5) is 38.3. The highest BCUT2D eigenvalue weighted by molar-refractivity contribution is 5.92. The molecule has 0 aliphatic carbocycles. The van der Waals surface area contributed by atoms with Crippen LogP contribution in [0.4, 0.5) is 11.4 Å². The fraction of sp³-hybridized carbons (Fsp3) is 0.250. The number of aromatic nitrogens is 2. The summed E-state index contributed by atoms with van der Waals surface area (Å²) >= 11 is 0. The largest absolute Gasteiger partial charge is 0.323 e. The molecule has 0 unspecified atom stereocenters. The van der Waals surface area contributed by atoms with Gasteiger partial charge in [0.25, 0.3) is 11.2 Å². The number of aryl methyl sites for hydroxylation is 1. The number of carbonyl (C=O) groups excluding carboxylic acids is 1. The average Bonchev–Trinajstić information content (AvgIpc) is 2.57. The zero-order valence-corrected chi connectivity index (χ0v) is 13.4. The molecular weight excluding hydrogens is 326 g/mol. The first kappa shape index (κ1) is 17.8. The Balaban J connectivity index is 2.14. The predicted octanol–water partition coefficient (Wildman–Crippen LogP) is 1.61. The molecule has 1 amide bonds. The molecule has 2 aromatic rings. The van der Waals surface area contributed by atoms with Crippen molar-refractivity contribution in [1.29, 1.82) is 5.26 Å². The first-order valence-corrected chi connectivity index (χ1v) is 7.48. The number of nitrogens with one attached hydrogen (secondary N) is 1. The van der Waals surface area contributed by atoms with Crippen molar-refractivity contribution in [2.24, 2.45) is 0 Å². The van der Waals surface area contributed by atoms with Crippen LogP contribution in [0.2, 0.25) is 0 Å². The molecule has 0 spiro atoms. The van der Waals surface area contributed by atoms with Crippen LogP contribution in [0, 0.1) is 21.4 Å². The summed E-state index contributed by atoms with van der Waals surface area (Å²) in [6.45, 7) is 1.69. The highest BCUT2D eigenvalue weighted by atomic mass is 16.6. The van der Waals surface area contributed by atoms with E-state index in [1.54, 1.807) is 6.07 Å². The molecule has 1 aromatic carbocycles. The lowest BCUT2D eigenvalue weighted by Crippen LogP contribution is -2.28. The molecule has 9 nitrogen and oxygen atoms in total. The molecule has 0 atom stereocenters. The van der Waals surface area contributed by atoms with Crippen molar-refractivity contribution in [3.63, 3.8) is 0 Å². The Hall–Kier alpha value is -3.54. The molecule has 0 bridgehead atoms. The highest BCUT2D eigenvalue weighted by Crippen LogP contribution is 2.21. The minimum Gasteiger partial charge on any atom is -0.323 e. The average molecular weight is 341 g/mol. The van der Waals surface area contributed by atoms with Crippen molar-refractivity contribution >= 4 is 17.3 Å². The van der Waals surface area contributed by atoms with Gasteiger partial charge in [-0.15, -0.1) is 0 Å². The quantitative estimate of drug-likeness (QED) is 0.627. The van der Waals surface area contributed by atoms with E-state index in [0.29, 0.717) is 12.1 Å². The normalized spacial score (nSPS) is 10.1. The van der Waals surface area contributed by atoms with Crippen LogP contribution in [0.15, 0.2) is 35.4 Å². The van der Waals surface area contributed by atoms with E-state index in [2.05, 4.69) is 10.3 Å². The van der Waals surface area contributed by atoms with Gasteiger partial charge in [-0.05, 0) is 12.5 Å². The van der Waals surface area contributed by atoms with Crippen LogP contribution in [0.1, 0.15) is 24.6 Å². The van der Waals surface area contributed by atoms with Gasteiger partial charge < -0.3 is 5.32 Å². The van der Waals surface area contributed by atoms with E-state index in [1.165, 1.54) is 24.5 Å². The maximum absolute atomic E-state index is 12.1. The maximum Gasteiger partial charge on any atom is 0.270 e. The number of nitro groups is 1. The Morgan fingerprint density at radius 1 is 1.44 bits per heavy atom. The van der Waals surface area contributed by atoms with E-state index >= 15 is 0 Å². The summed E-state index contributed by atoms with van der Waals surface area (Å²) in [5.41, 5.74) is 0.165. The van der Waals surface area contributed by atoms with Gasteiger partial charge in [-0.1, -0.05) is 13.3 Å². The predicted molar refractivity (Wildman–Crippen MR) is 88.9 cm³/mol. The number of benzene rings is 1. The van der Waals surface area contributed by atoms with Gasteiger partial charge in [-0.3, -0.25) is 24.3 Å². The second-order valence-corrected chi connectivity index (χ2v) is 5.24. The van der Waals surface area contributed by atoms with E-state index in [4.69, 9.17) is 5.26 Å². The van der Waals surface area contributed by atoms with Gasteiger partial charge in [-0.2, -0.15) is 5.26 Å². The van der Waals surface area contributed by atoms with Gasteiger partial charge in [0, 0.05) is 23.9 Å². The summed E-state index contributed by atoms with van der Waals surface area (Å²) in [5.74, 6) is -0.544. The Bertz CT molecular complexity index is 913. The highest BCUT2D eigenvalue weighted by Gasteiger charge is 2.13.